The smallest absolute Gasteiger partial charge is 0.0372 e. The third-order valence-electron chi connectivity index (χ3n) is 0.922. The lowest BCUT2D eigenvalue weighted by Gasteiger charge is -1.82. The van der Waals surface area contributed by atoms with E-state index < -0.39 is 0 Å². The summed E-state index contributed by atoms with van der Waals surface area (Å²) < 4.78 is 0. The summed E-state index contributed by atoms with van der Waals surface area (Å²) in [6.07, 6.45) is 5.60. The number of aliphatic imine (C=N–C) groups is 1. The summed E-state index contributed by atoms with van der Waals surface area (Å²) in [4.78, 5) is 3.70. The van der Waals surface area contributed by atoms with Crippen LogP contribution in [-0.2, 0) is 0 Å². The van der Waals surface area contributed by atoms with Gasteiger partial charge in [0.1, 0.15) is 0 Å². The Hall–Kier alpha value is -0.550. The van der Waals surface area contributed by atoms with Crippen molar-refractivity contribution in [3.63, 3.8) is 0 Å². The number of rotatable bonds is 3. The second-order valence-corrected chi connectivity index (χ2v) is 1.70. The van der Waals surface area contributed by atoms with Crippen LogP contribution in [0.25, 0.3) is 0 Å². The lowest BCUT2D eigenvalue weighted by Crippen LogP contribution is -1.65. The predicted octanol–water partition coefficient (Wildman–Crippen LogP) is 2.03. The first-order chi connectivity index (χ1) is 3.91. The minimum atomic E-state index is 1.12. The first kappa shape index (κ1) is 7.45. The van der Waals surface area contributed by atoms with Crippen LogP contribution in [0.5, 0.6) is 0 Å². The zero-order valence-corrected chi connectivity index (χ0v) is 5.65. The molecule has 0 bridgehead atoms. The van der Waals surface area contributed by atoms with Crippen LogP contribution in [0.2, 0.25) is 0 Å². The maximum absolute atomic E-state index is 3.70. The molecule has 1 heteroatoms. The van der Waals surface area contributed by atoms with E-state index in [0.29, 0.717) is 0 Å². The molecule has 0 aromatic heterocycles. The van der Waals surface area contributed by atoms with Gasteiger partial charge in [0.25, 0.3) is 0 Å². The van der Waals surface area contributed by atoms with Crippen LogP contribution in [-0.4, -0.2) is 12.9 Å². The minimum Gasteiger partial charge on any atom is -0.247 e. The summed E-state index contributed by atoms with van der Waals surface area (Å²) in [5, 5.41) is 0. The number of hydrogen-bond acceptors (Lipinski definition) is 1. The molecule has 1 nitrogen and oxygen atoms in total. The zero-order valence-electron chi connectivity index (χ0n) is 5.65. The third kappa shape index (κ3) is 5.45. The highest BCUT2D eigenvalue weighted by molar-refractivity contribution is 5.50. The molecule has 0 fully saturated rings. The van der Waals surface area contributed by atoms with Crippen LogP contribution in [0.1, 0.15) is 26.2 Å². The van der Waals surface area contributed by atoms with Crippen molar-refractivity contribution in [2.24, 2.45) is 4.99 Å². The maximum Gasteiger partial charge on any atom is 0.0372 e. The van der Waals surface area contributed by atoms with Crippen molar-refractivity contribution in [2.75, 3.05) is 7.05 Å². The summed E-state index contributed by atoms with van der Waals surface area (Å²) in [7, 11) is 1.74. The molecule has 0 unspecified atom stereocenters. The van der Waals surface area contributed by atoms with Crippen molar-refractivity contribution in [1.82, 2.24) is 0 Å². The zero-order chi connectivity index (χ0) is 6.24. The molecule has 0 aliphatic carbocycles. The number of nitrogens with zero attached hydrogens (tertiary/aromatic N) is 1. The molecule has 0 atom stereocenters. The second kappa shape index (κ2) is 6.45. The molecule has 0 radical (unpaired) electrons. The van der Waals surface area contributed by atoms with Crippen molar-refractivity contribution in [1.29, 1.82) is 0 Å². The van der Waals surface area contributed by atoms with E-state index in [1.165, 1.54) is 12.8 Å². The van der Waals surface area contributed by atoms with Crippen LogP contribution in [0.3, 0.4) is 0 Å². The molecule has 0 rings (SSSR count). The summed E-state index contributed by atoms with van der Waals surface area (Å²) >= 11 is 0. The Morgan fingerprint density at radius 2 is 2.38 bits per heavy atom. The van der Waals surface area contributed by atoms with Gasteiger partial charge in [-0.1, -0.05) is 13.3 Å². The van der Waals surface area contributed by atoms with E-state index in [1.807, 2.05) is 6.08 Å². The van der Waals surface area contributed by atoms with Crippen molar-refractivity contribution in [3.05, 3.63) is 6.08 Å². The second-order valence-electron chi connectivity index (χ2n) is 1.70. The van der Waals surface area contributed by atoms with Gasteiger partial charge in [0, 0.05) is 7.05 Å². The molecule has 0 aromatic rings. The fourth-order valence-electron chi connectivity index (χ4n) is 0.462. The molecule has 0 aliphatic heterocycles. The quantitative estimate of drug-likeness (QED) is 0.390. The Kier molecular flexibility index (Phi) is 6.01. The molecule has 0 saturated heterocycles. The third-order valence-corrected chi connectivity index (χ3v) is 0.922. The molecule has 0 aliphatic rings. The lowest BCUT2D eigenvalue weighted by atomic mass is 10.2. The largest absolute Gasteiger partial charge is 0.247 e. The molecular weight excluding hydrogens is 98.1 g/mol. The Bertz CT molecular complexity index is 88.6. The average molecular weight is 111 g/mol. The van der Waals surface area contributed by atoms with Crippen molar-refractivity contribution >= 4 is 5.87 Å². The van der Waals surface area contributed by atoms with Gasteiger partial charge in [0.2, 0.25) is 0 Å². The van der Waals surface area contributed by atoms with E-state index in [9.17, 15) is 0 Å². The molecule has 0 saturated carbocycles. The van der Waals surface area contributed by atoms with Gasteiger partial charge in [-0.25, -0.2) is 4.99 Å². The molecule has 0 spiro atoms. The molecule has 0 aromatic carbocycles. The van der Waals surface area contributed by atoms with Gasteiger partial charge < -0.3 is 0 Å². The number of hydrogen-bond donors (Lipinski definition) is 0. The van der Waals surface area contributed by atoms with Crippen LogP contribution in [0.4, 0.5) is 0 Å². The maximum atomic E-state index is 3.70. The van der Waals surface area contributed by atoms with E-state index in [0.717, 1.165) is 6.42 Å². The van der Waals surface area contributed by atoms with E-state index in [2.05, 4.69) is 17.8 Å². The first-order valence-electron chi connectivity index (χ1n) is 3.07. The Morgan fingerprint density at radius 3 is 2.88 bits per heavy atom. The first-order valence-corrected chi connectivity index (χ1v) is 3.07. The van der Waals surface area contributed by atoms with Gasteiger partial charge in [-0.2, -0.15) is 0 Å². The molecule has 8 heavy (non-hydrogen) atoms. The van der Waals surface area contributed by atoms with Crippen molar-refractivity contribution < 1.29 is 0 Å². The van der Waals surface area contributed by atoms with Crippen LogP contribution < -0.4 is 0 Å². The molecule has 0 amide bonds. The fraction of sp³-hybridized carbons (Fsp3) is 0.714. The highest BCUT2D eigenvalue weighted by Gasteiger charge is 1.73. The highest BCUT2D eigenvalue weighted by atomic mass is 14.6. The van der Waals surface area contributed by atoms with E-state index in [1.54, 1.807) is 7.05 Å². The van der Waals surface area contributed by atoms with Gasteiger partial charge in [-0.05, 0) is 24.8 Å². The molecular formula is C7H13N. The lowest BCUT2D eigenvalue weighted by molar-refractivity contribution is 0.817. The monoisotopic (exact) mass is 111 g/mol. The standard InChI is InChI=1S/C7H13N/c1-3-4-5-6-7-8-2/h6H,3-5H2,1-2H3. The summed E-state index contributed by atoms with van der Waals surface area (Å²) in [6.45, 7) is 2.18. The fourth-order valence-corrected chi connectivity index (χ4v) is 0.462. The summed E-state index contributed by atoms with van der Waals surface area (Å²) in [5.41, 5.74) is 0. The molecule has 46 valence electrons. The van der Waals surface area contributed by atoms with Crippen LogP contribution >= 0.6 is 0 Å². The van der Waals surface area contributed by atoms with Crippen molar-refractivity contribution in [3.8, 4) is 0 Å². The topological polar surface area (TPSA) is 12.4 Å². The molecule has 0 heterocycles. The van der Waals surface area contributed by atoms with Gasteiger partial charge in [-0.15, -0.1) is 0 Å². The van der Waals surface area contributed by atoms with Gasteiger partial charge in [-0.3, -0.25) is 0 Å². The van der Waals surface area contributed by atoms with E-state index in [4.69, 9.17) is 0 Å². The number of unbranched alkanes of at least 4 members (excludes halogenated alkanes) is 2. The highest BCUT2D eigenvalue weighted by Crippen LogP contribution is 1.91. The SMILES string of the molecule is CCCCC=C=NC. The van der Waals surface area contributed by atoms with E-state index >= 15 is 0 Å². The molecule has 0 N–H and O–H groups in total. The van der Waals surface area contributed by atoms with E-state index in [-0.39, 0.29) is 0 Å². The van der Waals surface area contributed by atoms with Crippen molar-refractivity contribution in [2.45, 2.75) is 26.2 Å². The predicted molar refractivity (Wildman–Crippen MR) is 37.5 cm³/mol. The average Bonchev–Trinajstić information content (AvgIpc) is 1.81. The Labute approximate surface area is 51.1 Å². The van der Waals surface area contributed by atoms with Crippen LogP contribution in [0.15, 0.2) is 11.1 Å². The van der Waals surface area contributed by atoms with Crippen LogP contribution in [0, 0.1) is 0 Å². The summed E-state index contributed by atoms with van der Waals surface area (Å²) in [6, 6.07) is 0. The van der Waals surface area contributed by atoms with Gasteiger partial charge >= 0.3 is 0 Å². The minimum absolute atomic E-state index is 1.12. The normalized spacial score (nSPS) is 7.75. The number of allylic oxidation sites excluding steroid dienone is 1. The summed E-state index contributed by atoms with van der Waals surface area (Å²) in [5.74, 6) is 2.78. The Balaban J connectivity index is 3.04. The Morgan fingerprint density at radius 1 is 1.62 bits per heavy atom. The van der Waals surface area contributed by atoms with Gasteiger partial charge in [0.05, 0.1) is 0 Å². The van der Waals surface area contributed by atoms with Gasteiger partial charge in [0.15, 0.2) is 0 Å².